The summed E-state index contributed by atoms with van der Waals surface area (Å²) < 4.78 is 0. The zero-order chi connectivity index (χ0) is 19.2. The van der Waals surface area contributed by atoms with E-state index >= 15 is 0 Å². The lowest BCUT2D eigenvalue weighted by atomic mass is 10.2. The Balaban J connectivity index is 1.49. The fourth-order valence-corrected chi connectivity index (χ4v) is 2.94. The van der Waals surface area contributed by atoms with Gasteiger partial charge in [-0.25, -0.2) is 9.78 Å². The van der Waals surface area contributed by atoms with Crippen molar-refractivity contribution in [1.29, 1.82) is 0 Å². The van der Waals surface area contributed by atoms with Gasteiger partial charge < -0.3 is 20.4 Å². The van der Waals surface area contributed by atoms with Crippen LogP contribution in [0.3, 0.4) is 0 Å². The monoisotopic (exact) mass is 367 g/mol. The highest BCUT2D eigenvalue weighted by atomic mass is 16.2. The Morgan fingerprint density at radius 1 is 1.07 bits per heavy atom. The van der Waals surface area contributed by atoms with Crippen molar-refractivity contribution in [3.05, 3.63) is 53.7 Å². The van der Waals surface area contributed by atoms with E-state index in [4.69, 9.17) is 0 Å². The first-order chi connectivity index (χ1) is 13.0. The molecule has 2 N–H and O–H groups in total. The fraction of sp³-hybridized carbons (Fsp3) is 0.350. The molecule has 142 valence electrons. The molecule has 3 rings (SSSR count). The first-order valence-corrected chi connectivity index (χ1v) is 9.09. The van der Waals surface area contributed by atoms with Crippen LogP contribution in [0.15, 0.2) is 42.6 Å². The highest BCUT2D eigenvalue weighted by Crippen LogP contribution is 2.15. The Morgan fingerprint density at radius 3 is 2.37 bits per heavy atom. The molecular weight excluding hydrogens is 342 g/mol. The second kappa shape index (κ2) is 8.53. The zero-order valence-electron chi connectivity index (χ0n) is 15.7. The number of nitrogens with one attached hydrogen (secondary N) is 2. The number of carbonyl (C=O) groups excluding carboxylic acids is 2. The third-order valence-electron chi connectivity index (χ3n) is 4.50. The van der Waals surface area contributed by atoms with Gasteiger partial charge in [0, 0.05) is 51.2 Å². The summed E-state index contributed by atoms with van der Waals surface area (Å²) in [7, 11) is 3.86. The third-order valence-corrected chi connectivity index (χ3v) is 4.50. The number of rotatable bonds is 5. The minimum absolute atomic E-state index is 0.0529. The van der Waals surface area contributed by atoms with Gasteiger partial charge in [-0.2, -0.15) is 0 Å². The summed E-state index contributed by atoms with van der Waals surface area (Å²) in [6.45, 7) is 2.04. The molecule has 7 nitrogen and oxygen atoms in total. The van der Waals surface area contributed by atoms with Gasteiger partial charge >= 0.3 is 6.03 Å². The number of nitrogens with zero attached hydrogens (tertiary/aromatic N) is 3. The van der Waals surface area contributed by atoms with Gasteiger partial charge in [-0.1, -0.05) is 6.07 Å². The van der Waals surface area contributed by atoms with Crippen molar-refractivity contribution in [1.82, 2.24) is 15.2 Å². The van der Waals surface area contributed by atoms with Gasteiger partial charge in [0.05, 0.1) is 0 Å². The first-order valence-electron chi connectivity index (χ1n) is 9.09. The minimum atomic E-state index is -0.301. The number of amides is 3. The lowest BCUT2D eigenvalue weighted by Crippen LogP contribution is -2.29. The molecule has 0 saturated carbocycles. The second-order valence-electron chi connectivity index (χ2n) is 6.80. The lowest BCUT2D eigenvalue weighted by Gasteiger charge is -2.15. The van der Waals surface area contributed by atoms with Crippen molar-refractivity contribution in [3.63, 3.8) is 0 Å². The van der Waals surface area contributed by atoms with Crippen LogP contribution in [0, 0.1) is 0 Å². The fourth-order valence-electron chi connectivity index (χ4n) is 2.94. The summed E-state index contributed by atoms with van der Waals surface area (Å²) in [6, 6.07) is 10.5. The molecule has 0 aliphatic carbocycles. The standard InChI is InChI=1S/C20H25N5O2/c1-24(2)18-10-5-15(13-21-18)14-22-20(27)23-17-8-6-16(7-9-17)19(26)25-11-3-4-12-25/h5-10,13H,3-4,11-12,14H2,1-2H3,(H2,22,23,27). The molecule has 0 spiro atoms. The molecule has 0 atom stereocenters. The van der Waals surface area contributed by atoms with Crippen molar-refractivity contribution in [2.75, 3.05) is 37.4 Å². The van der Waals surface area contributed by atoms with Crippen LogP contribution >= 0.6 is 0 Å². The van der Waals surface area contributed by atoms with Crippen LogP contribution in [0.25, 0.3) is 0 Å². The van der Waals surface area contributed by atoms with E-state index in [-0.39, 0.29) is 11.9 Å². The Morgan fingerprint density at radius 2 is 1.78 bits per heavy atom. The number of urea groups is 1. The predicted octanol–water partition coefficient (Wildman–Crippen LogP) is 2.71. The second-order valence-corrected chi connectivity index (χ2v) is 6.80. The molecular formula is C20H25N5O2. The van der Waals surface area contributed by atoms with Crippen molar-refractivity contribution in [2.45, 2.75) is 19.4 Å². The van der Waals surface area contributed by atoms with Gasteiger partial charge in [-0.15, -0.1) is 0 Å². The van der Waals surface area contributed by atoms with Crippen LogP contribution in [-0.4, -0.2) is 49.0 Å². The summed E-state index contributed by atoms with van der Waals surface area (Å²) in [5.41, 5.74) is 2.21. The van der Waals surface area contributed by atoms with E-state index < -0.39 is 0 Å². The van der Waals surface area contributed by atoms with Gasteiger partial charge in [-0.05, 0) is 48.7 Å². The number of hydrogen-bond acceptors (Lipinski definition) is 4. The smallest absolute Gasteiger partial charge is 0.319 e. The van der Waals surface area contributed by atoms with Crippen LogP contribution in [0.2, 0.25) is 0 Å². The number of likely N-dealkylation sites (tertiary alicyclic amines) is 1. The normalized spacial score (nSPS) is 13.3. The number of aromatic nitrogens is 1. The molecule has 27 heavy (non-hydrogen) atoms. The summed E-state index contributed by atoms with van der Waals surface area (Å²) in [6.07, 6.45) is 3.88. The molecule has 2 heterocycles. The average Bonchev–Trinajstić information content (AvgIpc) is 3.21. The molecule has 0 bridgehead atoms. The van der Waals surface area contributed by atoms with Gasteiger partial charge in [0.25, 0.3) is 5.91 Å². The van der Waals surface area contributed by atoms with Crippen molar-refractivity contribution < 1.29 is 9.59 Å². The maximum absolute atomic E-state index is 12.3. The third kappa shape index (κ3) is 4.97. The van der Waals surface area contributed by atoms with Crippen molar-refractivity contribution in [2.24, 2.45) is 0 Å². The molecule has 0 unspecified atom stereocenters. The number of pyridine rings is 1. The molecule has 1 aromatic carbocycles. The maximum Gasteiger partial charge on any atom is 0.319 e. The topological polar surface area (TPSA) is 77.6 Å². The van der Waals surface area contributed by atoms with Crippen LogP contribution in [-0.2, 0) is 6.54 Å². The molecule has 1 aromatic heterocycles. The summed E-state index contributed by atoms with van der Waals surface area (Å²) >= 11 is 0. The zero-order valence-corrected chi connectivity index (χ0v) is 15.7. The number of hydrogen-bond donors (Lipinski definition) is 2. The Bertz CT molecular complexity index is 781. The van der Waals surface area contributed by atoms with E-state index in [1.54, 1.807) is 30.5 Å². The van der Waals surface area contributed by atoms with Gasteiger partial charge in [0.2, 0.25) is 0 Å². The van der Waals surface area contributed by atoms with Gasteiger partial charge in [0.15, 0.2) is 0 Å². The molecule has 2 aromatic rings. The van der Waals surface area contributed by atoms with E-state index in [9.17, 15) is 9.59 Å². The summed E-state index contributed by atoms with van der Waals surface area (Å²) in [4.78, 5) is 32.5. The van der Waals surface area contributed by atoms with Crippen molar-refractivity contribution >= 4 is 23.4 Å². The van der Waals surface area contributed by atoms with E-state index in [0.29, 0.717) is 17.8 Å². The number of carbonyl (C=O) groups is 2. The van der Waals surface area contributed by atoms with E-state index in [2.05, 4.69) is 15.6 Å². The average molecular weight is 367 g/mol. The van der Waals surface area contributed by atoms with Crippen molar-refractivity contribution in [3.8, 4) is 0 Å². The molecule has 1 saturated heterocycles. The molecule has 3 amide bonds. The van der Waals surface area contributed by atoms with Gasteiger partial charge in [0.1, 0.15) is 5.82 Å². The number of anilines is 2. The molecule has 1 aliphatic rings. The van der Waals surface area contributed by atoms with Gasteiger partial charge in [-0.3, -0.25) is 4.79 Å². The Kier molecular flexibility index (Phi) is 5.90. The Hall–Kier alpha value is -3.09. The summed E-state index contributed by atoms with van der Waals surface area (Å²) in [5, 5.41) is 5.57. The molecule has 1 fully saturated rings. The Labute approximate surface area is 159 Å². The molecule has 7 heteroatoms. The minimum Gasteiger partial charge on any atom is -0.363 e. The quantitative estimate of drug-likeness (QED) is 0.852. The summed E-state index contributed by atoms with van der Waals surface area (Å²) in [5.74, 6) is 0.920. The van der Waals surface area contributed by atoms with E-state index in [0.717, 1.165) is 37.3 Å². The first kappa shape index (κ1) is 18.7. The maximum atomic E-state index is 12.3. The van der Waals surface area contributed by atoms with Crippen LogP contribution in [0.4, 0.5) is 16.3 Å². The van der Waals surface area contributed by atoms with Crippen LogP contribution < -0.4 is 15.5 Å². The highest BCUT2D eigenvalue weighted by Gasteiger charge is 2.19. The molecule has 0 radical (unpaired) electrons. The largest absolute Gasteiger partial charge is 0.363 e. The highest BCUT2D eigenvalue weighted by molar-refractivity contribution is 5.95. The van der Waals surface area contributed by atoms with Crippen LogP contribution in [0.5, 0.6) is 0 Å². The number of benzene rings is 1. The van der Waals surface area contributed by atoms with Crippen LogP contribution in [0.1, 0.15) is 28.8 Å². The SMILES string of the molecule is CN(C)c1ccc(CNC(=O)Nc2ccc(C(=O)N3CCCC3)cc2)cn1. The van der Waals surface area contributed by atoms with E-state index in [1.807, 2.05) is 36.0 Å². The predicted molar refractivity (Wildman–Crippen MR) is 106 cm³/mol. The lowest BCUT2D eigenvalue weighted by molar-refractivity contribution is 0.0793. The van der Waals surface area contributed by atoms with E-state index in [1.165, 1.54) is 0 Å². The molecule has 1 aliphatic heterocycles.